The number of hydrogen-bond acceptors (Lipinski definition) is 4. The number of carbonyl (C=O) groups excluding carboxylic acids is 1. The first kappa shape index (κ1) is 19.3. The smallest absolute Gasteiger partial charge is 0.239 e. The summed E-state index contributed by atoms with van der Waals surface area (Å²) in [5.74, 6) is -0.233. The number of halogens is 1. The first-order chi connectivity index (χ1) is 13.9. The highest BCUT2D eigenvalue weighted by Crippen LogP contribution is 2.43. The van der Waals surface area contributed by atoms with Gasteiger partial charge in [-0.05, 0) is 68.1 Å². The molecule has 2 heterocycles. The van der Waals surface area contributed by atoms with Crippen LogP contribution in [-0.2, 0) is 4.79 Å². The number of ether oxygens (including phenoxy) is 1. The number of carbonyl (C=O) groups is 1. The summed E-state index contributed by atoms with van der Waals surface area (Å²) in [6.45, 7) is 2.04. The van der Waals surface area contributed by atoms with Crippen molar-refractivity contribution in [2.75, 3.05) is 26.1 Å². The maximum atomic E-state index is 14.1. The molecule has 0 radical (unpaired) electrons. The molecule has 0 spiro atoms. The quantitative estimate of drug-likeness (QED) is 0.758. The van der Waals surface area contributed by atoms with Crippen molar-refractivity contribution in [1.82, 2.24) is 4.90 Å². The molecule has 6 heteroatoms. The summed E-state index contributed by atoms with van der Waals surface area (Å²) < 4.78 is 19.4. The molecule has 2 aromatic carbocycles. The molecule has 0 fully saturated rings. The Morgan fingerprint density at radius 1 is 1.28 bits per heavy atom. The number of methoxy groups -OCH3 is 1. The number of benzene rings is 2. The van der Waals surface area contributed by atoms with E-state index in [4.69, 9.17) is 4.74 Å². The van der Waals surface area contributed by atoms with E-state index in [1.165, 1.54) is 12.1 Å². The van der Waals surface area contributed by atoms with Gasteiger partial charge in [-0.2, -0.15) is 0 Å². The second-order valence-corrected chi connectivity index (χ2v) is 7.50. The van der Waals surface area contributed by atoms with E-state index < -0.39 is 5.92 Å². The number of rotatable bonds is 5. The maximum absolute atomic E-state index is 14.1. The van der Waals surface area contributed by atoms with Gasteiger partial charge in [0.05, 0.1) is 24.9 Å². The Morgan fingerprint density at radius 3 is 2.76 bits per heavy atom. The van der Waals surface area contributed by atoms with Gasteiger partial charge in [0.25, 0.3) is 0 Å². The van der Waals surface area contributed by atoms with Crippen LogP contribution in [0.3, 0.4) is 0 Å². The molecule has 5 nitrogen and oxygen atoms in total. The number of anilines is 1. The van der Waals surface area contributed by atoms with Crippen LogP contribution in [0, 0.1) is 5.82 Å². The van der Waals surface area contributed by atoms with E-state index in [1.807, 2.05) is 50.2 Å². The third-order valence-electron chi connectivity index (χ3n) is 5.55. The molecule has 4 rings (SSSR count). The van der Waals surface area contributed by atoms with Gasteiger partial charge < -0.3 is 4.74 Å². The van der Waals surface area contributed by atoms with Crippen LogP contribution in [0.2, 0.25) is 0 Å². The molecule has 2 aromatic rings. The molecule has 0 aliphatic carbocycles. The third kappa shape index (κ3) is 3.23. The van der Waals surface area contributed by atoms with Crippen LogP contribution < -0.4 is 9.64 Å². The zero-order chi connectivity index (χ0) is 20.7. The summed E-state index contributed by atoms with van der Waals surface area (Å²) in [7, 11) is 5.51. The Kier molecular flexibility index (Phi) is 4.96. The molecule has 0 bridgehead atoms. The molecule has 0 saturated heterocycles. The molecule has 0 aromatic heterocycles. The van der Waals surface area contributed by atoms with Crippen molar-refractivity contribution in [3.63, 3.8) is 0 Å². The highest BCUT2D eigenvalue weighted by Gasteiger charge is 2.40. The average Bonchev–Trinajstić information content (AvgIpc) is 3.22. The number of allylic oxidation sites excluding steroid dienone is 1. The van der Waals surface area contributed by atoms with Crippen molar-refractivity contribution >= 4 is 29.1 Å². The average molecular weight is 393 g/mol. The van der Waals surface area contributed by atoms with Gasteiger partial charge in [0.2, 0.25) is 5.91 Å². The Morgan fingerprint density at radius 2 is 2.07 bits per heavy atom. The maximum Gasteiger partial charge on any atom is 0.239 e. The SMILES string of the molecule is CCC(N(C)C)N1C(=O)C(C=C2C=Nc3ccc(OC)cc32)c2cc(F)ccc21. The molecule has 2 aliphatic heterocycles. The van der Waals surface area contributed by atoms with Gasteiger partial charge in [-0.1, -0.05) is 13.0 Å². The summed E-state index contributed by atoms with van der Waals surface area (Å²) in [5, 5.41) is 0. The van der Waals surface area contributed by atoms with E-state index in [2.05, 4.69) is 4.99 Å². The Bertz CT molecular complexity index is 1030. The number of aliphatic imine (C=N–C) groups is 1. The summed E-state index contributed by atoms with van der Waals surface area (Å²) in [5.41, 5.74) is 4.03. The lowest BCUT2D eigenvalue weighted by Crippen LogP contribution is -2.47. The lowest BCUT2D eigenvalue weighted by Gasteiger charge is -2.33. The van der Waals surface area contributed by atoms with Crippen molar-refractivity contribution in [2.45, 2.75) is 25.4 Å². The van der Waals surface area contributed by atoms with Crippen molar-refractivity contribution in [1.29, 1.82) is 0 Å². The number of nitrogens with zero attached hydrogens (tertiary/aromatic N) is 3. The lowest BCUT2D eigenvalue weighted by molar-refractivity contribution is -0.119. The minimum Gasteiger partial charge on any atom is -0.497 e. The minimum absolute atomic E-state index is 0.0524. The Hall–Kier alpha value is -2.99. The Labute approximate surface area is 170 Å². The van der Waals surface area contributed by atoms with Gasteiger partial charge in [-0.25, -0.2) is 4.39 Å². The first-order valence-electron chi connectivity index (χ1n) is 9.67. The molecule has 1 amide bonds. The molecule has 2 aliphatic rings. The normalized spacial score (nSPS) is 19.8. The van der Waals surface area contributed by atoms with E-state index in [-0.39, 0.29) is 17.9 Å². The summed E-state index contributed by atoms with van der Waals surface area (Å²) in [6, 6.07) is 10.2. The van der Waals surface area contributed by atoms with Crippen LogP contribution in [0.5, 0.6) is 5.75 Å². The van der Waals surface area contributed by atoms with Crippen molar-refractivity contribution in [3.8, 4) is 5.75 Å². The van der Waals surface area contributed by atoms with Gasteiger partial charge >= 0.3 is 0 Å². The molecule has 0 saturated carbocycles. The molecule has 2 unspecified atom stereocenters. The fraction of sp³-hybridized carbons (Fsp3) is 0.304. The first-order valence-corrected chi connectivity index (χ1v) is 9.67. The molecular weight excluding hydrogens is 369 g/mol. The second kappa shape index (κ2) is 7.44. The zero-order valence-corrected chi connectivity index (χ0v) is 17.0. The van der Waals surface area contributed by atoms with Crippen LogP contribution in [0.1, 0.15) is 30.4 Å². The number of fused-ring (bicyclic) bond motifs is 2. The highest BCUT2D eigenvalue weighted by atomic mass is 19.1. The number of hydrogen-bond donors (Lipinski definition) is 0. The number of amides is 1. The van der Waals surface area contributed by atoms with Crippen LogP contribution in [0.15, 0.2) is 47.5 Å². The monoisotopic (exact) mass is 393 g/mol. The minimum atomic E-state index is -0.562. The predicted octanol–water partition coefficient (Wildman–Crippen LogP) is 4.36. The molecule has 150 valence electrons. The van der Waals surface area contributed by atoms with Gasteiger partial charge in [-0.15, -0.1) is 0 Å². The predicted molar refractivity (Wildman–Crippen MR) is 114 cm³/mol. The van der Waals surface area contributed by atoms with Gasteiger partial charge in [0, 0.05) is 17.5 Å². The van der Waals surface area contributed by atoms with Crippen molar-refractivity contribution in [3.05, 3.63) is 59.4 Å². The van der Waals surface area contributed by atoms with E-state index in [1.54, 1.807) is 24.3 Å². The fourth-order valence-corrected chi connectivity index (χ4v) is 4.15. The lowest BCUT2D eigenvalue weighted by atomic mass is 9.95. The van der Waals surface area contributed by atoms with Crippen molar-refractivity contribution < 1.29 is 13.9 Å². The topological polar surface area (TPSA) is 45.1 Å². The van der Waals surface area contributed by atoms with Crippen LogP contribution >= 0.6 is 0 Å². The molecule has 29 heavy (non-hydrogen) atoms. The van der Waals surface area contributed by atoms with E-state index in [9.17, 15) is 9.18 Å². The van der Waals surface area contributed by atoms with E-state index >= 15 is 0 Å². The van der Waals surface area contributed by atoms with E-state index in [0.717, 1.165) is 34.7 Å². The van der Waals surface area contributed by atoms with E-state index in [0.29, 0.717) is 5.56 Å². The second-order valence-electron chi connectivity index (χ2n) is 7.50. The largest absolute Gasteiger partial charge is 0.497 e. The highest BCUT2D eigenvalue weighted by molar-refractivity contribution is 6.18. The zero-order valence-electron chi connectivity index (χ0n) is 17.0. The molecular formula is C23H24FN3O2. The Balaban J connectivity index is 1.80. The summed E-state index contributed by atoms with van der Waals surface area (Å²) in [4.78, 5) is 21.7. The van der Waals surface area contributed by atoms with Crippen LogP contribution in [-0.4, -0.2) is 44.4 Å². The van der Waals surface area contributed by atoms with Crippen molar-refractivity contribution in [2.24, 2.45) is 4.99 Å². The van der Waals surface area contributed by atoms with Gasteiger partial charge in [0.15, 0.2) is 0 Å². The fourth-order valence-electron chi connectivity index (χ4n) is 4.15. The standard InChI is InChI=1S/C23H24FN3O2/c1-5-22(26(2)3)27-21-9-6-15(24)11-18(21)19(23(27)28)10-14-13-25-20-8-7-16(29-4)12-17(14)20/h6-13,19,22H,5H2,1-4H3. The summed E-state index contributed by atoms with van der Waals surface area (Å²) >= 11 is 0. The molecule has 0 N–H and O–H groups in total. The van der Waals surface area contributed by atoms with Gasteiger partial charge in [0.1, 0.15) is 11.6 Å². The van der Waals surface area contributed by atoms with Gasteiger partial charge in [-0.3, -0.25) is 19.6 Å². The van der Waals surface area contributed by atoms with Crippen LogP contribution in [0.25, 0.3) is 5.57 Å². The third-order valence-corrected chi connectivity index (χ3v) is 5.55. The molecule has 2 atom stereocenters. The summed E-state index contributed by atoms with van der Waals surface area (Å²) in [6.07, 6.45) is 4.31. The van der Waals surface area contributed by atoms with Crippen LogP contribution in [0.4, 0.5) is 15.8 Å².